The summed E-state index contributed by atoms with van der Waals surface area (Å²) < 4.78 is 12.1. The highest BCUT2D eigenvalue weighted by molar-refractivity contribution is 6.46. The lowest BCUT2D eigenvalue weighted by Crippen LogP contribution is -2.34. The van der Waals surface area contributed by atoms with Crippen LogP contribution in [0.4, 0.5) is 0 Å². The third-order valence-electron chi connectivity index (χ3n) is 2.99. The third-order valence-corrected chi connectivity index (χ3v) is 5.86. The number of rotatable bonds is 8. The Kier molecular flexibility index (Phi) is 13.9. The van der Waals surface area contributed by atoms with Gasteiger partial charge in [0.2, 0.25) is 0 Å². The van der Waals surface area contributed by atoms with Crippen LogP contribution < -0.4 is 0 Å². The topological polar surface area (TPSA) is 18.5 Å². The molecule has 0 aromatic carbocycles. The maximum atomic E-state index is 6.04. The largest absolute Gasteiger partial charge is 0.394 e. The van der Waals surface area contributed by atoms with Gasteiger partial charge < -0.3 is 8.85 Å². The summed E-state index contributed by atoms with van der Waals surface area (Å²) in [5, 5.41) is 0. The van der Waals surface area contributed by atoms with Gasteiger partial charge in [-0.2, -0.15) is 0 Å². The summed E-state index contributed by atoms with van der Waals surface area (Å²) in [4.78, 5) is 0. The molecule has 0 spiro atoms. The smallest absolute Gasteiger partial charge is 0.324 e. The van der Waals surface area contributed by atoms with Crippen molar-refractivity contribution in [3.05, 3.63) is 13.2 Å². The van der Waals surface area contributed by atoms with E-state index in [4.69, 9.17) is 8.85 Å². The average Bonchev–Trinajstić information content (AvgIpc) is 2.38. The normalized spacial score (nSPS) is 17.5. The summed E-state index contributed by atoms with van der Waals surface area (Å²) in [6.45, 7) is 19.1. The molecule has 104 valence electrons. The lowest BCUT2D eigenvalue weighted by atomic mass is 10.3. The van der Waals surface area contributed by atoms with Gasteiger partial charge >= 0.3 is 9.28 Å². The Bertz CT molecular complexity index is 152. The standard InChI is InChI=1S/C12H28O2Si.C2H4/c1-7-10(4)13-15(12(6)9-3)14-11(5)8-2;1-2/h10-12,15H,7-9H2,1-6H3;1-2H2. The Balaban J connectivity index is 0. The van der Waals surface area contributed by atoms with E-state index in [1.54, 1.807) is 0 Å². The van der Waals surface area contributed by atoms with Crippen molar-refractivity contribution in [1.82, 2.24) is 0 Å². The highest BCUT2D eigenvalue weighted by Gasteiger charge is 2.24. The van der Waals surface area contributed by atoms with Crippen LogP contribution in [-0.4, -0.2) is 21.5 Å². The zero-order chi connectivity index (χ0) is 13.8. The van der Waals surface area contributed by atoms with E-state index in [0.717, 1.165) is 19.3 Å². The van der Waals surface area contributed by atoms with E-state index in [2.05, 4.69) is 54.7 Å². The molecule has 0 saturated carbocycles. The summed E-state index contributed by atoms with van der Waals surface area (Å²) in [6.07, 6.45) is 4.00. The SMILES string of the molecule is C=C.CCC(C)O[SiH](OC(C)CC)C(C)CC. The van der Waals surface area contributed by atoms with Crippen molar-refractivity contribution in [2.45, 2.75) is 78.6 Å². The Morgan fingerprint density at radius 3 is 1.41 bits per heavy atom. The zero-order valence-electron chi connectivity index (χ0n) is 12.7. The predicted octanol–water partition coefficient (Wildman–Crippen LogP) is 4.44. The maximum absolute atomic E-state index is 6.04. The van der Waals surface area contributed by atoms with E-state index in [-0.39, 0.29) is 0 Å². The van der Waals surface area contributed by atoms with Gasteiger partial charge in [-0.25, -0.2) is 0 Å². The lowest BCUT2D eigenvalue weighted by Gasteiger charge is -2.27. The quantitative estimate of drug-likeness (QED) is 0.474. The molecular weight excluding hydrogens is 228 g/mol. The highest BCUT2D eigenvalue weighted by Crippen LogP contribution is 2.19. The van der Waals surface area contributed by atoms with E-state index in [0.29, 0.717) is 17.7 Å². The minimum absolute atomic E-state index is 0.347. The Labute approximate surface area is 110 Å². The molecule has 3 heteroatoms. The summed E-state index contributed by atoms with van der Waals surface area (Å²) in [7, 11) is -1.48. The molecule has 0 aliphatic heterocycles. The Morgan fingerprint density at radius 2 is 1.18 bits per heavy atom. The second-order valence-electron chi connectivity index (χ2n) is 4.46. The first-order valence-electron chi connectivity index (χ1n) is 6.85. The van der Waals surface area contributed by atoms with Crippen molar-refractivity contribution in [3.8, 4) is 0 Å². The summed E-state index contributed by atoms with van der Waals surface area (Å²) in [5.41, 5.74) is 0.605. The van der Waals surface area contributed by atoms with Gasteiger partial charge in [-0.05, 0) is 32.2 Å². The first-order chi connectivity index (χ1) is 8.04. The monoisotopic (exact) mass is 260 g/mol. The molecule has 0 aromatic rings. The zero-order valence-corrected chi connectivity index (χ0v) is 13.8. The van der Waals surface area contributed by atoms with Gasteiger partial charge in [0.25, 0.3) is 0 Å². The molecule has 0 N–H and O–H groups in total. The fourth-order valence-corrected chi connectivity index (χ4v) is 3.43. The van der Waals surface area contributed by atoms with E-state index < -0.39 is 9.28 Å². The predicted molar refractivity (Wildman–Crippen MR) is 79.8 cm³/mol. The molecule has 0 rings (SSSR count). The maximum Gasteiger partial charge on any atom is 0.324 e. The molecule has 0 aliphatic carbocycles. The van der Waals surface area contributed by atoms with E-state index in [1.165, 1.54) is 0 Å². The van der Waals surface area contributed by atoms with Crippen LogP contribution in [0.1, 0.15) is 60.8 Å². The van der Waals surface area contributed by atoms with Gasteiger partial charge in [0, 0.05) is 12.2 Å². The van der Waals surface area contributed by atoms with Gasteiger partial charge in [0.15, 0.2) is 0 Å². The van der Waals surface area contributed by atoms with E-state index in [9.17, 15) is 0 Å². The molecule has 2 nitrogen and oxygen atoms in total. The van der Waals surface area contributed by atoms with Crippen LogP contribution in [0.5, 0.6) is 0 Å². The summed E-state index contributed by atoms with van der Waals surface area (Å²) in [6, 6.07) is 0. The molecule has 0 bridgehead atoms. The molecule has 0 radical (unpaired) electrons. The van der Waals surface area contributed by atoms with E-state index in [1.807, 2.05) is 0 Å². The molecule has 0 aliphatic rings. The first kappa shape index (κ1) is 19.2. The van der Waals surface area contributed by atoms with Gasteiger partial charge in [0.1, 0.15) is 0 Å². The van der Waals surface area contributed by atoms with Crippen LogP contribution in [0.25, 0.3) is 0 Å². The van der Waals surface area contributed by atoms with Crippen LogP contribution in [0, 0.1) is 0 Å². The number of hydrogen-bond donors (Lipinski definition) is 0. The molecule has 3 unspecified atom stereocenters. The van der Waals surface area contributed by atoms with Crippen molar-refractivity contribution < 1.29 is 8.85 Å². The van der Waals surface area contributed by atoms with Crippen molar-refractivity contribution in [2.24, 2.45) is 0 Å². The molecule has 0 heterocycles. The lowest BCUT2D eigenvalue weighted by molar-refractivity contribution is 0.104. The second-order valence-corrected chi connectivity index (χ2v) is 6.88. The van der Waals surface area contributed by atoms with Crippen LogP contribution in [0.3, 0.4) is 0 Å². The fraction of sp³-hybridized carbons (Fsp3) is 0.857. The molecule has 17 heavy (non-hydrogen) atoms. The fourth-order valence-electron chi connectivity index (χ4n) is 1.14. The van der Waals surface area contributed by atoms with Crippen LogP contribution in [0.15, 0.2) is 13.2 Å². The summed E-state index contributed by atoms with van der Waals surface area (Å²) >= 11 is 0. The molecule has 3 atom stereocenters. The molecule has 0 fully saturated rings. The van der Waals surface area contributed by atoms with Gasteiger partial charge in [-0.3, -0.25) is 0 Å². The van der Waals surface area contributed by atoms with Crippen molar-refractivity contribution >= 4 is 9.28 Å². The third kappa shape index (κ3) is 9.57. The minimum Gasteiger partial charge on any atom is -0.394 e. The summed E-state index contributed by atoms with van der Waals surface area (Å²) in [5.74, 6) is 0. The molecule has 0 saturated heterocycles. The average molecular weight is 260 g/mol. The minimum atomic E-state index is -1.48. The molecular formula is C14H32O2Si. The second kappa shape index (κ2) is 12.3. The Morgan fingerprint density at radius 1 is 0.824 bits per heavy atom. The van der Waals surface area contributed by atoms with Crippen LogP contribution >= 0.6 is 0 Å². The van der Waals surface area contributed by atoms with Gasteiger partial charge in [-0.15, -0.1) is 13.2 Å². The first-order valence-corrected chi connectivity index (χ1v) is 8.46. The van der Waals surface area contributed by atoms with Gasteiger partial charge in [-0.1, -0.05) is 34.1 Å². The van der Waals surface area contributed by atoms with Crippen LogP contribution in [-0.2, 0) is 8.85 Å². The molecule has 0 amide bonds. The Hall–Kier alpha value is -0.123. The van der Waals surface area contributed by atoms with Crippen molar-refractivity contribution in [1.29, 1.82) is 0 Å². The van der Waals surface area contributed by atoms with Crippen molar-refractivity contribution in [2.75, 3.05) is 0 Å². The van der Waals surface area contributed by atoms with Gasteiger partial charge in [0.05, 0.1) is 0 Å². The van der Waals surface area contributed by atoms with Crippen LogP contribution in [0.2, 0.25) is 5.54 Å². The van der Waals surface area contributed by atoms with E-state index >= 15 is 0 Å². The number of hydrogen-bond acceptors (Lipinski definition) is 2. The molecule has 0 aromatic heterocycles. The van der Waals surface area contributed by atoms with Crippen molar-refractivity contribution in [3.63, 3.8) is 0 Å². The highest BCUT2D eigenvalue weighted by atomic mass is 28.3.